The van der Waals surface area contributed by atoms with Gasteiger partial charge in [0.15, 0.2) is 11.3 Å². The van der Waals surface area contributed by atoms with Crippen molar-refractivity contribution in [1.82, 2.24) is 19.7 Å². The van der Waals surface area contributed by atoms with E-state index < -0.39 is 29.3 Å². The monoisotopic (exact) mass is 409 g/mol. The van der Waals surface area contributed by atoms with Gasteiger partial charge in [0, 0.05) is 19.2 Å². The second-order valence-corrected chi connectivity index (χ2v) is 6.68. The summed E-state index contributed by atoms with van der Waals surface area (Å²) in [7, 11) is 1.46. The van der Waals surface area contributed by atoms with Crippen LogP contribution in [0, 0.1) is 6.92 Å². The van der Waals surface area contributed by atoms with Crippen molar-refractivity contribution in [2.75, 3.05) is 11.9 Å². The predicted molar refractivity (Wildman–Crippen MR) is 99.6 cm³/mol. The van der Waals surface area contributed by atoms with Gasteiger partial charge in [0.1, 0.15) is 5.75 Å². The fraction of sp³-hybridized carbons (Fsp3) is 0.333. The van der Waals surface area contributed by atoms with Crippen molar-refractivity contribution < 1.29 is 23.4 Å². The molecule has 2 heterocycles. The van der Waals surface area contributed by atoms with Crippen LogP contribution in [0.2, 0.25) is 0 Å². The molecule has 1 atom stereocenters. The number of phenolic OH excluding ortho intramolecular Hbond substituents is 1. The number of aliphatic hydroxyl groups excluding tert-OH is 1. The minimum Gasteiger partial charge on any atom is -0.507 e. The highest BCUT2D eigenvalue weighted by Gasteiger charge is 2.32. The number of aromatic hydroxyl groups is 1. The standard InChI is InChI=1S/C18H18F3N5O3/c1-8-4-10(18(19,20)21)5-13(28)14(8)11-6-12-15(25-24-11)16(22-7-9(2)27)23-17(29)26(12)3/h4-6,9,27-28H,7H2,1-3H3,(H,22,23,29). The summed E-state index contributed by atoms with van der Waals surface area (Å²) >= 11 is 0. The zero-order chi connectivity index (χ0) is 21.5. The normalized spacial score (nSPS) is 12.9. The van der Waals surface area contributed by atoms with E-state index in [4.69, 9.17) is 0 Å². The van der Waals surface area contributed by atoms with Gasteiger partial charge in [-0.1, -0.05) is 0 Å². The lowest BCUT2D eigenvalue weighted by molar-refractivity contribution is -0.137. The van der Waals surface area contributed by atoms with Crippen molar-refractivity contribution in [2.45, 2.75) is 26.1 Å². The Morgan fingerprint density at radius 1 is 1.24 bits per heavy atom. The van der Waals surface area contributed by atoms with Gasteiger partial charge in [0.2, 0.25) is 0 Å². The highest BCUT2D eigenvalue weighted by Crippen LogP contribution is 2.38. The van der Waals surface area contributed by atoms with Crippen LogP contribution in [-0.2, 0) is 13.2 Å². The zero-order valence-corrected chi connectivity index (χ0v) is 15.7. The zero-order valence-electron chi connectivity index (χ0n) is 15.7. The lowest BCUT2D eigenvalue weighted by Gasteiger charge is -2.14. The van der Waals surface area contributed by atoms with E-state index in [2.05, 4.69) is 20.5 Å². The molecule has 3 aromatic rings. The molecular formula is C18H18F3N5O3. The van der Waals surface area contributed by atoms with Crippen LogP contribution >= 0.6 is 0 Å². The Morgan fingerprint density at radius 3 is 2.52 bits per heavy atom. The Balaban J connectivity index is 2.18. The number of phenols is 1. The smallest absolute Gasteiger partial charge is 0.416 e. The minimum absolute atomic E-state index is 0.0788. The van der Waals surface area contributed by atoms with Gasteiger partial charge < -0.3 is 15.5 Å². The third-order valence-corrected chi connectivity index (χ3v) is 4.32. The molecule has 0 saturated heterocycles. The van der Waals surface area contributed by atoms with E-state index in [-0.39, 0.29) is 34.7 Å². The molecule has 3 N–H and O–H groups in total. The number of benzene rings is 1. The van der Waals surface area contributed by atoms with Gasteiger partial charge in [-0.25, -0.2) is 4.79 Å². The summed E-state index contributed by atoms with van der Waals surface area (Å²) in [5, 5.41) is 30.5. The number of rotatable bonds is 4. The van der Waals surface area contributed by atoms with Gasteiger partial charge in [0.25, 0.3) is 0 Å². The van der Waals surface area contributed by atoms with Crippen LogP contribution in [0.25, 0.3) is 22.3 Å². The van der Waals surface area contributed by atoms with Gasteiger partial charge in [-0.3, -0.25) is 4.57 Å². The van der Waals surface area contributed by atoms with Crippen LogP contribution in [-0.4, -0.2) is 42.6 Å². The number of alkyl halides is 3. The van der Waals surface area contributed by atoms with Gasteiger partial charge in [0.05, 0.1) is 22.9 Å². The Labute approximate surface area is 162 Å². The first-order valence-electron chi connectivity index (χ1n) is 8.56. The molecule has 0 aliphatic rings. The summed E-state index contributed by atoms with van der Waals surface area (Å²) in [5.41, 5.74) is -0.706. The molecule has 0 aliphatic carbocycles. The second-order valence-electron chi connectivity index (χ2n) is 6.68. The predicted octanol–water partition coefficient (Wildman–Crippen LogP) is 2.22. The molecule has 3 rings (SSSR count). The number of aromatic nitrogens is 4. The van der Waals surface area contributed by atoms with Gasteiger partial charge in [-0.05, 0) is 37.6 Å². The molecule has 0 fully saturated rings. The molecule has 1 unspecified atom stereocenters. The molecule has 0 radical (unpaired) electrons. The van der Waals surface area contributed by atoms with Gasteiger partial charge >= 0.3 is 11.9 Å². The first kappa shape index (κ1) is 20.5. The quantitative estimate of drug-likeness (QED) is 0.606. The first-order chi connectivity index (χ1) is 13.5. The first-order valence-corrected chi connectivity index (χ1v) is 8.56. The molecular weight excluding hydrogens is 391 g/mol. The average Bonchev–Trinajstić information content (AvgIpc) is 2.62. The molecule has 1 aromatic carbocycles. The lowest BCUT2D eigenvalue weighted by atomic mass is 10.0. The molecule has 0 spiro atoms. The van der Waals surface area contributed by atoms with Crippen molar-refractivity contribution in [3.63, 3.8) is 0 Å². The maximum atomic E-state index is 13.0. The lowest BCUT2D eigenvalue weighted by Crippen LogP contribution is -2.25. The number of halogens is 3. The van der Waals surface area contributed by atoms with Crippen molar-refractivity contribution in [3.8, 4) is 17.0 Å². The van der Waals surface area contributed by atoms with Gasteiger partial charge in [-0.15, -0.1) is 10.2 Å². The number of hydrogen-bond acceptors (Lipinski definition) is 7. The molecule has 0 bridgehead atoms. The molecule has 0 saturated carbocycles. The number of hydrogen-bond donors (Lipinski definition) is 3. The Hall–Kier alpha value is -3.21. The molecule has 11 heteroatoms. The number of fused-ring (bicyclic) bond motifs is 1. The summed E-state index contributed by atoms with van der Waals surface area (Å²) in [5.74, 6) is -0.478. The Bertz CT molecular complexity index is 1120. The summed E-state index contributed by atoms with van der Waals surface area (Å²) < 4.78 is 40.1. The van der Waals surface area contributed by atoms with E-state index in [0.29, 0.717) is 11.6 Å². The third kappa shape index (κ3) is 3.99. The summed E-state index contributed by atoms with van der Waals surface area (Å²) in [6.07, 6.45) is -5.30. The van der Waals surface area contributed by atoms with E-state index in [1.54, 1.807) is 6.92 Å². The molecule has 2 aromatic heterocycles. The third-order valence-electron chi connectivity index (χ3n) is 4.32. The Morgan fingerprint density at radius 2 is 1.93 bits per heavy atom. The van der Waals surface area contributed by atoms with Crippen LogP contribution in [0.4, 0.5) is 19.0 Å². The summed E-state index contributed by atoms with van der Waals surface area (Å²) in [6, 6.07) is 2.96. The summed E-state index contributed by atoms with van der Waals surface area (Å²) in [4.78, 5) is 16.0. The maximum absolute atomic E-state index is 13.0. The van der Waals surface area contributed by atoms with E-state index in [0.717, 1.165) is 6.07 Å². The van der Waals surface area contributed by atoms with E-state index in [9.17, 15) is 28.2 Å². The van der Waals surface area contributed by atoms with Crippen molar-refractivity contribution in [2.24, 2.45) is 7.05 Å². The molecule has 0 amide bonds. The van der Waals surface area contributed by atoms with Crippen LogP contribution < -0.4 is 11.0 Å². The summed E-state index contributed by atoms with van der Waals surface area (Å²) in [6.45, 7) is 3.09. The minimum atomic E-state index is -4.60. The van der Waals surface area contributed by atoms with Gasteiger partial charge in [-0.2, -0.15) is 18.2 Å². The number of aliphatic hydroxyl groups is 1. The fourth-order valence-electron chi connectivity index (χ4n) is 2.89. The highest BCUT2D eigenvalue weighted by molar-refractivity contribution is 5.88. The maximum Gasteiger partial charge on any atom is 0.416 e. The largest absolute Gasteiger partial charge is 0.507 e. The SMILES string of the molecule is Cc1cc(C(F)(F)F)cc(O)c1-c1cc2c(nn1)c(NCC(C)O)nc(=O)n2C. The van der Waals surface area contributed by atoms with Crippen LogP contribution in [0.15, 0.2) is 23.0 Å². The van der Waals surface area contributed by atoms with Crippen molar-refractivity contribution >= 4 is 16.9 Å². The van der Waals surface area contributed by atoms with Crippen LogP contribution in [0.3, 0.4) is 0 Å². The van der Waals surface area contributed by atoms with E-state index >= 15 is 0 Å². The molecule has 8 nitrogen and oxygen atoms in total. The molecule has 154 valence electrons. The molecule has 29 heavy (non-hydrogen) atoms. The average molecular weight is 409 g/mol. The number of nitrogens with zero attached hydrogens (tertiary/aromatic N) is 4. The molecule has 0 aliphatic heterocycles. The van der Waals surface area contributed by atoms with Crippen LogP contribution in [0.1, 0.15) is 18.1 Å². The highest BCUT2D eigenvalue weighted by atomic mass is 19.4. The Kier molecular flexibility index (Phi) is 5.18. The van der Waals surface area contributed by atoms with Crippen molar-refractivity contribution in [1.29, 1.82) is 0 Å². The van der Waals surface area contributed by atoms with E-state index in [1.807, 2.05) is 0 Å². The number of anilines is 1. The van der Waals surface area contributed by atoms with Crippen LogP contribution in [0.5, 0.6) is 5.75 Å². The fourth-order valence-corrected chi connectivity index (χ4v) is 2.89. The van der Waals surface area contributed by atoms with E-state index in [1.165, 1.54) is 24.6 Å². The second kappa shape index (κ2) is 7.32. The van der Waals surface area contributed by atoms with Crippen molar-refractivity contribution in [3.05, 3.63) is 39.8 Å². The number of nitrogens with one attached hydrogen (secondary N) is 1. The topological polar surface area (TPSA) is 113 Å². The number of aryl methyl sites for hydroxylation is 2.